The van der Waals surface area contributed by atoms with Crippen molar-refractivity contribution in [3.05, 3.63) is 33.8 Å². The summed E-state index contributed by atoms with van der Waals surface area (Å²) in [5, 5.41) is 7.65. The van der Waals surface area contributed by atoms with E-state index in [1.807, 2.05) is 19.1 Å². The third-order valence-electron chi connectivity index (χ3n) is 3.89. The zero-order chi connectivity index (χ0) is 15.2. The lowest BCUT2D eigenvalue weighted by atomic mass is 10.0. The highest BCUT2D eigenvalue weighted by Gasteiger charge is 2.16. The molecule has 2 rings (SSSR count). The fraction of sp³-hybridized carbons (Fsp3) is 0.562. The topological polar surface area (TPSA) is 41.1 Å². The van der Waals surface area contributed by atoms with Crippen molar-refractivity contribution in [1.82, 2.24) is 10.6 Å². The smallest absolute Gasteiger partial charge is 0.220 e. The fourth-order valence-electron chi connectivity index (χ4n) is 2.71. The third-order valence-corrected chi connectivity index (χ3v) is 4.48. The molecule has 1 amide bonds. The molecule has 2 atom stereocenters. The second-order valence-electron chi connectivity index (χ2n) is 5.81. The van der Waals surface area contributed by atoms with Gasteiger partial charge in [0.2, 0.25) is 5.91 Å². The van der Waals surface area contributed by atoms with Crippen LogP contribution >= 0.6 is 23.2 Å². The van der Waals surface area contributed by atoms with Gasteiger partial charge in [0.05, 0.1) is 0 Å². The molecule has 1 fully saturated rings. The Morgan fingerprint density at radius 1 is 1.48 bits per heavy atom. The van der Waals surface area contributed by atoms with E-state index in [9.17, 15) is 4.79 Å². The summed E-state index contributed by atoms with van der Waals surface area (Å²) in [5.41, 5.74) is 1.01. The number of carbonyl (C=O) groups excluding carboxylic acids is 1. The molecule has 0 saturated carbocycles. The van der Waals surface area contributed by atoms with Crippen LogP contribution in [0.2, 0.25) is 10.0 Å². The maximum absolute atomic E-state index is 12.0. The van der Waals surface area contributed by atoms with Crippen molar-refractivity contribution in [2.24, 2.45) is 5.92 Å². The summed E-state index contributed by atoms with van der Waals surface area (Å²) >= 11 is 12.0. The quantitative estimate of drug-likeness (QED) is 0.839. The van der Waals surface area contributed by atoms with Crippen molar-refractivity contribution in [2.45, 2.75) is 38.6 Å². The van der Waals surface area contributed by atoms with E-state index >= 15 is 0 Å². The Hall–Kier alpha value is -0.770. The lowest BCUT2D eigenvalue weighted by Crippen LogP contribution is -2.34. The zero-order valence-corrected chi connectivity index (χ0v) is 13.8. The Labute approximate surface area is 136 Å². The molecule has 1 saturated heterocycles. The normalized spacial score (nSPS) is 19.5. The summed E-state index contributed by atoms with van der Waals surface area (Å²) in [4.78, 5) is 12.0. The van der Waals surface area contributed by atoms with E-state index in [0.717, 1.165) is 25.1 Å². The monoisotopic (exact) mass is 328 g/mol. The van der Waals surface area contributed by atoms with E-state index in [2.05, 4.69) is 10.6 Å². The van der Waals surface area contributed by atoms with Crippen molar-refractivity contribution < 1.29 is 4.79 Å². The van der Waals surface area contributed by atoms with E-state index in [1.54, 1.807) is 6.07 Å². The first kappa shape index (κ1) is 16.6. The molecule has 2 N–H and O–H groups in total. The first-order valence-corrected chi connectivity index (χ1v) is 8.24. The Morgan fingerprint density at radius 2 is 2.29 bits per heavy atom. The van der Waals surface area contributed by atoms with Gasteiger partial charge in [0.25, 0.3) is 0 Å². The molecule has 116 valence electrons. The molecule has 21 heavy (non-hydrogen) atoms. The van der Waals surface area contributed by atoms with Crippen LogP contribution in [0.4, 0.5) is 0 Å². The van der Waals surface area contributed by atoms with Crippen LogP contribution in [0.1, 0.15) is 31.7 Å². The van der Waals surface area contributed by atoms with Crippen molar-refractivity contribution in [3.63, 3.8) is 0 Å². The van der Waals surface area contributed by atoms with Gasteiger partial charge in [-0.25, -0.2) is 0 Å². The van der Waals surface area contributed by atoms with Gasteiger partial charge in [-0.2, -0.15) is 0 Å². The van der Waals surface area contributed by atoms with Gasteiger partial charge in [0.1, 0.15) is 0 Å². The third kappa shape index (κ3) is 5.50. The first-order chi connectivity index (χ1) is 10.0. The molecule has 0 bridgehead atoms. The molecule has 0 aromatic heterocycles. The molecular formula is C16H22Cl2N2O. The molecule has 1 aromatic carbocycles. The van der Waals surface area contributed by atoms with Crippen LogP contribution in [0.5, 0.6) is 0 Å². The van der Waals surface area contributed by atoms with Gasteiger partial charge in [-0.3, -0.25) is 4.79 Å². The summed E-state index contributed by atoms with van der Waals surface area (Å²) in [7, 11) is 0. The summed E-state index contributed by atoms with van der Waals surface area (Å²) < 4.78 is 0. The van der Waals surface area contributed by atoms with E-state index in [1.165, 1.54) is 6.42 Å². The molecule has 1 heterocycles. The number of halogens is 2. The highest BCUT2D eigenvalue weighted by molar-refractivity contribution is 6.35. The van der Waals surface area contributed by atoms with Crippen molar-refractivity contribution in [1.29, 1.82) is 0 Å². The lowest BCUT2D eigenvalue weighted by Gasteiger charge is -2.16. The second kappa shape index (κ2) is 8.02. The largest absolute Gasteiger partial charge is 0.353 e. The van der Waals surface area contributed by atoms with Crippen LogP contribution in [0.25, 0.3) is 0 Å². The number of hydrogen-bond donors (Lipinski definition) is 2. The van der Waals surface area contributed by atoms with E-state index in [0.29, 0.717) is 28.8 Å². The average Bonchev–Trinajstić information content (AvgIpc) is 2.93. The number of benzene rings is 1. The molecule has 1 aliphatic rings. The fourth-order valence-corrected chi connectivity index (χ4v) is 3.20. The molecule has 0 radical (unpaired) electrons. The molecule has 1 aromatic rings. The van der Waals surface area contributed by atoms with Gasteiger partial charge in [0.15, 0.2) is 0 Å². The summed E-state index contributed by atoms with van der Waals surface area (Å²) in [6.45, 7) is 4.13. The van der Waals surface area contributed by atoms with Crippen LogP contribution in [0.3, 0.4) is 0 Å². The highest BCUT2D eigenvalue weighted by Crippen LogP contribution is 2.22. The van der Waals surface area contributed by atoms with Gasteiger partial charge in [-0.15, -0.1) is 0 Å². The van der Waals surface area contributed by atoms with Crippen LogP contribution in [0.15, 0.2) is 18.2 Å². The molecule has 5 heteroatoms. The van der Waals surface area contributed by atoms with Crippen molar-refractivity contribution >= 4 is 29.1 Å². The molecular weight excluding hydrogens is 307 g/mol. The standard InChI is InChI=1S/C16H22Cl2N2O/c1-11(8-13-3-4-14(17)9-15(13)18)20-16(21)5-2-12-6-7-19-10-12/h3-4,9,11-12,19H,2,5-8,10H2,1H3,(H,20,21). The second-order valence-corrected chi connectivity index (χ2v) is 6.65. The number of amides is 1. The van der Waals surface area contributed by atoms with E-state index in [-0.39, 0.29) is 11.9 Å². The average molecular weight is 329 g/mol. The maximum atomic E-state index is 12.0. The number of rotatable bonds is 6. The predicted molar refractivity (Wildman–Crippen MR) is 88.0 cm³/mol. The van der Waals surface area contributed by atoms with Gasteiger partial charge < -0.3 is 10.6 Å². The summed E-state index contributed by atoms with van der Waals surface area (Å²) in [6, 6.07) is 5.54. The zero-order valence-electron chi connectivity index (χ0n) is 12.3. The van der Waals surface area contributed by atoms with Crippen LogP contribution < -0.4 is 10.6 Å². The highest BCUT2D eigenvalue weighted by atomic mass is 35.5. The minimum absolute atomic E-state index is 0.0675. The molecule has 0 spiro atoms. The lowest BCUT2D eigenvalue weighted by molar-refractivity contribution is -0.121. The SMILES string of the molecule is CC(Cc1ccc(Cl)cc1Cl)NC(=O)CCC1CCNC1. The van der Waals surface area contributed by atoms with Crippen LogP contribution in [-0.4, -0.2) is 25.0 Å². The predicted octanol–water partition coefficient (Wildman–Crippen LogP) is 3.43. The Morgan fingerprint density at radius 3 is 2.95 bits per heavy atom. The van der Waals surface area contributed by atoms with Gasteiger partial charge in [-0.1, -0.05) is 29.3 Å². The van der Waals surface area contributed by atoms with E-state index in [4.69, 9.17) is 23.2 Å². The minimum atomic E-state index is 0.0675. The van der Waals surface area contributed by atoms with Gasteiger partial charge in [0, 0.05) is 22.5 Å². The minimum Gasteiger partial charge on any atom is -0.353 e. The number of carbonyl (C=O) groups is 1. The summed E-state index contributed by atoms with van der Waals surface area (Å²) in [5.74, 6) is 0.774. The van der Waals surface area contributed by atoms with Crippen LogP contribution in [0, 0.1) is 5.92 Å². The van der Waals surface area contributed by atoms with Crippen molar-refractivity contribution in [2.75, 3.05) is 13.1 Å². The Kier molecular flexibility index (Phi) is 6.34. The van der Waals surface area contributed by atoms with Gasteiger partial charge in [-0.05, 0) is 62.9 Å². The number of nitrogens with one attached hydrogen (secondary N) is 2. The van der Waals surface area contributed by atoms with E-state index < -0.39 is 0 Å². The first-order valence-electron chi connectivity index (χ1n) is 7.48. The molecule has 2 unspecified atom stereocenters. The van der Waals surface area contributed by atoms with Crippen LogP contribution in [-0.2, 0) is 11.2 Å². The summed E-state index contributed by atoms with van der Waals surface area (Å²) in [6.07, 6.45) is 3.47. The van der Waals surface area contributed by atoms with Crippen molar-refractivity contribution in [3.8, 4) is 0 Å². The van der Waals surface area contributed by atoms with Gasteiger partial charge >= 0.3 is 0 Å². The molecule has 0 aliphatic carbocycles. The molecule has 3 nitrogen and oxygen atoms in total. The number of hydrogen-bond acceptors (Lipinski definition) is 2. The molecule has 1 aliphatic heterocycles. The Balaban J connectivity index is 1.75. The maximum Gasteiger partial charge on any atom is 0.220 e. The Bertz CT molecular complexity index is 487.